The molecule has 9 heteroatoms. The number of nitrogens with zero attached hydrogens (tertiary/aromatic N) is 1. The highest BCUT2D eigenvalue weighted by Crippen LogP contribution is 2.20. The highest BCUT2D eigenvalue weighted by Gasteiger charge is 2.24. The summed E-state index contributed by atoms with van der Waals surface area (Å²) in [5.41, 5.74) is 4.12. The lowest BCUT2D eigenvalue weighted by atomic mass is 10.1. The molecule has 0 saturated heterocycles. The summed E-state index contributed by atoms with van der Waals surface area (Å²) in [5, 5.41) is 19.1. The monoisotopic (exact) mass is 404 g/mol. The standard InChI is InChI=1S/C19H24N6O2.ClH/c1-11(21-18(26)17-15-10-20-9-8-16(15)24-25-17)12-2-4-13(5-3-12)22-19(27)23-14-6-7-14;/h2-5,11,14,20H,6-10H2,1H3,(H,21,26)(H,24,25)(H2,22,23,27);1H. The summed E-state index contributed by atoms with van der Waals surface area (Å²) in [4.78, 5) is 24.4. The number of aromatic amines is 1. The van der Waals surface area contributed by atoms with Gasteiger partial charge in [0, 0.05) is 42.5 Å². The number of hydrogen-bond donors (Lipinski definition) is 5. The van der Waals surface area contributed by atoms with Crippen LogP contribution in [0.25, 0.3) is 0 Å². The van der Waals surface area contributed by atoms with Crippen LogP contribution in [-0.2, 0) is 13.0 Å². The molecule has 1 unspecified atom stereocenters. The van der Waals surface area contributed by atoms with E-state index in [-0.39, 0.29) is 30.4 Å². The van der Waals surface area contributed by atoms with Gasteiger partial charge in [0.2, 0.25) is 0 Å². The number of carbonyl (C=O) groups is 2. The summed E-state index contributed by atoms with van der Waals surface area (Å²) in [6, 6.07) is 7.45. The third kappa shape index (κ3) is 4.63. The Kier molecular flexibility index (Phi) is 6.21. The largest absolute Gasteiger partial charge is 0.344 e. The van der Waals surface area contributed by atoms with E-state index in [4.69, 9.17) is 0 Å². The van der Waals surface area contributed by atoms with Crippen molar-refractivity contribution >= 4 is 30.0 Å². The SMILES string of the molecule is CC(NC(=O)c1n[nH]c2c1CNCC2)c1ccc(NC(=O)NC2CC2)cc1.Cl. The number of rotatable bonds is 5. The average molecular weight is 405 g/mol. The van der Waals surface area contributed by atoms with Gasteiger partial charge in [0.05, 0.1) is 6.04 Å². The Hall–Kier alpha value is -2.58. The predicted molar refractivity (Wildman–Crippen MR) is 109 cm³/mol. The van der Waals surface area contributed by atoms with E-state index in [2.05, 4.69) is 31.5 Å². The van der Waals surface area contributed by atoms with Gasteiger partial charge in [0.1, 0.15) is 0 Å². The first-order valence-corrected chi connectivity index (χ1v) is 9.35. The minimum absolute atomic E-state index is 0. The van der Waals surface area contributed by atoms with Crippen molar-refractivity contribution in [3.8, 4) is 0 Å². The van der Waals surface area contributed by atoms with Crippen LogP contribution in [-0.4, -0.2) is 34.7 Å². The van der Waals surface area contributed by atoms with Crippen LogP contribution in [0.4, 0.5) is 10.5 Å². The van der Waals surface area contributed by atoms with Crippen molar-refractivity contribution in [2.75, 3.05) is 11.9 Å². The number of carbonyl (C=O) groups excluding carboxylic acids is 2. The zero-order chi connectivity index (χ0) is 18.8. The highest BCUT2D eigenvalue weighted by molar-refractivity contribution is 5.94. The van der Waals surface area contributed by atoms with Gasteiger partial charge in [-0.2, -0.15) is 5.10 Å². The number of fused-ring (bicyclic) bond motifs is 1. The van der Waals surface area contributed by atoms with Gasteiger partial charge in [0.25, 0.3) is 5.91 Å². The summed E-state index contributed by atoms with van der Waals surface area (Å²) in [6.45, 7) is 3.48. The Morgan fingerprint density at radius 3 is 2.68 bits per heavy atom. The minimum atomic E-state index is -0.185. The summed E-state index contributed by atoms with van der Waals surface area (Å²) < 4.78 is 0. The first kappa shape index (κ1) is 20.2. The number of aromatic nitrogens is 2. The molecule has 0 radical (unpaired) electrons. The molecule has 1 aromatic carbocycles. The van der Waals surface area contributed by atoms with Crippen molar-refractivity contribution in [3.05, 3.63) is 46.8 Å². The lowest BCUT2D eigenvalue weighted by molar-refractivity contribution is 0.0933. The number of halogens is 1. The highest BCUT2D eigenvalue weighted by atomic mass is 35.5. The van der Waals surface area contributed by atoms with Crippen LogP contribution < -0.4 is 21.3 Å². The Labute approximate surface area is 169 Å². The summed E-state index contributed by atoms with van der Waals surface area (Å²) >= 11 is 0. The molecule has 3 amide bonds. The Bertz CT molecular complexity index is 847. The van der Waals surface area contributed by atoms with Crippen LogP contribution in [0, 0.1) is 0 Å². The minimum Gasteiger partial charge on any atom is -0.344 e. The number of benzene rings is 1. The Morgan fingerprint density at radius 2 is 1.96 bits per heavy atom. The van der Waals surface area contributed by atoms with Crippen LogP contribution in [0.2, 0.25) is 0 Å². The maximum atomic E-state index is 12.6. The first-order valence-electron chi connectivity index (χ1n) is 9.35. The molecule has 0 bridgehead atoms. The van der Waals surface area contributed by atoms with Crippen molar-refractivity contribution in [2.45, 2.75) is 44.8 Å². The molecular weight excluding hydrogens is 380 g/mol. The van der Waals surface area contributed by atoms with Gasteiger partial charge in [-0.25, -0.2) is 4.79 Å². The molecule has 5 N–H and O–H groups in total. The van der Waals surface area contributed by atoms with Gasteiger partial charge in [0.15, 0.2) is 5.69 Å². The smallest absolute Gasteiger partial charge is 0.319 e. The van der Waals surface area contributed by atoms with Gasteiger partial charge in [-0.1, -0.05) is 12.1 Å². The van der Waals surface area contributed by atoms with E-state index in [0.717, 1.165) is 48.3 Å². The molecule has 2 heterocycles. The van der Waals surface area contributed by atoms with Crippen LogP contribution >= 0.6 is 12.4 Å². The molecule has 2 aliphatic rings. The van der Waals surface area contributed by atoms with E-state index in [1.54, 1.807) is 0 Å². The zero-order valence-electron chi connectivity index (χ0n) is 15.7. The van der Waals surface area contributed by atoms with Gasteiger partial charge >= 0.3 is 6.03 Å². The fraction of sp³-hybridized carbons (Fsp3) is 0.421. The fourth-order valence-electron chi connectivity index (χ4n) is 3.20. The second kappa shape index (κ2) is 8.62. The number of hydrogen-bond acceptors (Lipinski definition) is 4. The maximum Gasteiger partial charge on any atom is 0.319 e. The molecule has 0 spiro atoms. The Morgan fingerprint density at radius 1 is 1.21 bits per heavy atom. The number of urea groups is 1. The number of anilines is 1. The van der Waals surface area contributed by atoms with Gasteiger partial charge in [-0.3, -0.25) is 9.89 Å². The molecule has 8 nitrogen and oxygen atoms in total. The molecule has 1 aliphatic heterocycles. The second-order valence-corrected chi connectivity index (χ2v) is 7.15. The summed E-state index contributed by atoms with van der Waals surface area (Å²) in [5.74, 6) is -0.185. The molecule has 28 heavy (non-hydrogen) atoms. The van der Waals surface area contributed by atoms with E-state index < -0.39 is 0 Å². The van der Waals surface area contributed by atoms with Crippen molar-refractivity contribution in [1.82, 2.24) is 26.1 Å². The van der Waals surface area contributed by atoms with Gasteiger partial charge < -0.3 is 21.3 Å². The molecule has 1 atom stereocenters. The molecule has 2 aromatic rings. The number of H-pyrrole nitrogens is 1. The molecule has 1 aromatic heterocycles. The molecule has 1 aliphatic carbocycles. The van der Waals surface area contributed by atoms with Crippen molar-refractivity contribution in [3.63, 3.8) is 0 Å². The van der Waals surface area contributed by atoms with Crippen molar-refractivity contribution < 1.29 is 9.59 Å². The van der Waals surface area contributed by atoms with Gasteiger partial charge in [-0.05, 0) is 37.5 Å². The molecule has 4 rings (SSSR count). The molecular formula is C19H25ClN6O2. The van der Waals surface area contributed by atoms with E-state index in [1.807, 2.05) is 31.2 Å². The van der Waals surface area contributed by atoms with Crippen molar-refractivity contribution in [2.24, 2.45) is 0 Å². The van der Waals surface area contributed by atoms with Crippen molar-refractivity contribution in [1.29, 1.82) is 0 Å². The van der Waals surface area contributed by atoms with Crippen LogP contribution in [0.15, 0.2) is 24.3 Å². The number of amides is 3. The van der Waals surface area contributed by atoms with E-state index in [0.29, 0.717) is 18.3 Å². The van der Waals surface area contributed by atoms with Crippen LogP contribution in [0.1, 0.15) is 53.1 Å². The Balaban J connectivity index is 0.00000225. The summed E-state index contributed by atoms with van der Waals surface area (Å²) in [6.07, 6.45) is 2.96. The lowest BCUT2D eigenvalue weighted by Gasteiger charge is -2.16. The topological polar surface area (TPSA) is 111 Å². The predicted octanol–water partition coefficient (Wildman–Crippen LogP) is 2.25. The van der Waals surface area contributed by atoms with E-state index in [1.165, 1.54) is 0 Å². The normalized spacial score (nSPS) is 16.3. The van der Waals surface area contributed by atoms with E-state index >= 15 is 0 Å². The van der Waals surface area contributed by atoms with Crippen LogP contribution in [0.3, 0.4) is 0 Å². The lowest BCUT2D eigenvalue weighted by Crippen LogP contribution is -2.30. The zero-order valence-corrected chi connectivity index (χ0v) is 16.5. The quantitative estimate of drug-likeness (QED) is 0.526. The third-order valence-corrected chi connectivity index (χ3v) is 4.95. The van der Waals surface area contributed by atoms with Crippen LogP contribution in [0.5, 0.6) is 0 Å². The van der Waals surface area contributed by atoms with E-state index in [9.17, 15) is 9.59 Å². The summed E-state index contributed by atoms with van der Waals surface area (Å²) in [7, 11) is 0. The molecule has 150 valence electrons. The average Bonchev–Trinajstić information content (AvgIpc) is 3.36. The second-order valence-electron chi connectivity index (χ2n) is 7.15. The third-order valence-electron chi connectivity index (χ3n) is 4.95. The first-order chi connectivity index (χ1) is 13.1. The molecule has 1 fully saturated rings. The molecule has 1 saturated carbocycles. The maximum absolute atomic E-state index is 12.6. The fourth-order valence-corrected chi connectivity index (χ4v) is 3.20. The van der Waals surface area contributed by atoms with Gasteiger partial charge in [-0.15, -0.1) is 12.4 Å². The number of nitrogens with one attached hydrogen (secondary N) is 5.